The normalized spacial score (nSPS) is 14.4. The second-order valence-corrected chi connectivity index (χ2v) is 4.82. The lowest BCUT2D eigenvalue weighted by atomic mass is 9.84. The molecule has 0 saturated heterocycles. The zero-order valence-corrected chi connectivity index (χ0v) is 10.5. The molecule has 0 aromatic rings. The largest absolute Gasteiger partial charge is 0.382 e. The van der Waals surface area contributed by atoms with Crippen molar-refractivity contribution in [1.82, 2.24) is 5.32 Å². The molecule has 1 unspecified atom stereocenters. The van der Waals surface area contributed by atoms with E-state index in [1.165, 1.54) is 6.42 Å². The Balaban J connectivity index is 3.74. The van der Waals surface area contributed by atoms with Crippen LogP contribution in [0.3, 0.4) is 0 Å². The average Bonchev–Trinajstić information content (AvgIpc) is 2.08. The van der Waals surface area contributed by atoms with Gasteiger partial charge in [-0.2, -0.15) is 0 Å². The molecule has 0 rings (SSSR count). The van der Waals surface area contributed by atoms with Crippen molar-refractivity contribution in [2.45, 2.75) is 53.5 Å². The van der Waals surface area contributed by atoms with Crippen molar-refractivity contribution in [2.75, 3.05) is 19.8 Å². The fraction of sp³-hybridized carbons (Fsp3) is 1.00. The maximum absolute atomic E-state index is 5.35. The summed E-state index contributed by atoms with van der Waals surface area (Å²) in [7, 11) is 0. The SMILES string of the molecule is CCNC(CCCOCC)C(C)(C)C. The van der Waals surface area contributed by atoms with Gasteiger partial charge in [0.2, 0.25) is 0 Å². The van der Waals surface area contributed by atoms with Crippen LogP contribution >= 0.6 is 0 Å². The Labute approximate surface area is 89.4 Å². The van der Waals surface area contributed by atoms with E-state index in [1.54, 1.807) is 0 Å². The van der Waals surface area contributed by atoms with Gasteiger partial charge in [-0.3, -0.25) is 0 Å². The van der Waals surface area contributed by atoms with Gasteiger partial charge in [-0.1, -0.05) is 27.7 Å². The van der Waals surface area contributed by atoms with Crippen molar-refractivity contribution >= 4 is 0 Å². The second kappa shape index (κ2) is 7.24. The molecule has 0 heterocycles. The van der Waals surface area contributed by atoms with Crippen LogP contribution < -0.4 is 5.32 Å². The summed E-state index contributed by atoms with van der Waals surface area (Å²) in [6.45, 7) is 13.9. The molecule has 2 heteroatoms. The van der Waals surface area contributed by atoms with Gasteiger partial charge in [0.05, 0.1) is 0 Å². The van der Waals surface area contributed by atoms with Crippen LogP contribution in [0, 0.1) is 5.41 Å². The second-order valence-electron chi connectivity index (χ2n) is 4.82. The van der Waals surface area contributed by atoms with Crippen molar-refractivity contribution in [3.63, 3.8) is 0 Å². The molecule has 0 saturated carbocycles. The smallest absolute Gasteiger partial charge is 0.0466 e. The summed E-state index contributed by atoms with van der Waals surface area (Å²) < 4.78 is 5.35. The van der Waals surface area contributed by atoms with Crippen LogP contribution in [0.1, 0.15) is 47.5 Å². The van der Waals surface area contributed by atoms with Gasteiger partial charge in [-0.25, -0.2) is 0 Å². The van der Waals surface area contributed by atoms with Crippen LogP contribution in [0.4, 0.5) is 0 Å². The lowest BCUT2D eigenvalue weighted by Crippen LogP contribution is -2.40. The van der Waals surface area contributed by atoms with Gasteiger partial charge in [-0.15, -0.1) is 0 Å². The third-order valence-electron chi connectivity index (χ3n) is 2.48. The molecule has 0 aromatic heterocycles. The maximum atomic E-state index is 5.35. The molecule has 86 valence electrons. The van der Waals surface area contributed by atoms with Gasteiger partial charge < -0.3 is 10.1 Å². The highest BCUT2D eigenvalue weighted by Crippen LogP contribution is 2.22. The molecule has 1 atom stereocenters. The number of hydrogen-bond acceptors (Lipinski definition) is 2. The predicted octanol–water partition coefficient (Wildman–Crippen LogP) is 2.83. The first-order chi connectivity index (χ1) is 6.52. The van der Waals surface area contributed by atoms with Gasteiger partial charge in [0.15, 0.2) is 0 Å². The summed E-state index contributed by atoms with van der Waals surface area (Å²) in [5, 5.41) is 3.54. The Kier molecular flexibility index (Phi) is 7.20. The van der Waals surface area contributed by atoms with Crippen molar-refractivity contribution in [2.24, 2.45) is 5.41 Å². The Morgan fingerprint density at radius 3 is 2.29 bits per heavy atom. The number of nitrogens with one attached hydrogen (secondary N) is 1. The van der Waals surface area contributed by atoms with Crippen LogP contribution in [0.2, 0.25) is 0 Å². The van der Waals surface area contributed by atoms with Gasteiger partial charge in [-0.05, 0) is 31.7 Å². The molecule has 0 bridgehead atoms. The topological polar surface area (TPSA) is 21.3 Å². The zero-order valence-electron chi connectivity index (χ0n) is 10.5. The first kappa shape index (κ1) is 13.9. The molecule has 0 aliphatic rings. The molecule has 0 aliphatic heterocycles. The van der Waals surface area contributed by atoms with Crippen LogP contribution in [-0.2, 0) is 4.74 Å². The molecule has 0 amide bonds. The Hall–Kier alpha value is -0.0800. The predicted molar refractivity (Wildman–Crippen MR) is 62.6 cm³/mol. The standard InChI is InChI=1S/C12H27NO/c1-6-13-11(12(3,4)5)9-8-10-14-7-2/h11,13H,6-10H2,1-5H3. The third-order valence-corrected chi connectivity index (χ3v) is 2.48. The van der Waals surface area contributed by atoms with Gasteiger partial charge in [0.25, 0.3) is 0 Å². The molecule has 0 radical (unpaired) electrons. The molecular weight excluding hydrogens is 174 g/mol. The molecule has 14 heavy (non-hydrogen) atoms. The van der Waals surface area contributed by atoms with Crippen LogP contribution in [0.15, 0.2) is 0 Å². The molecule has 2 nitrogen and oxygen atoms in total. The Morgan fingerprint density at radius 2 is 1.86 bits per heavy atom. The van der Waals surface area contributed by atoms with Gasteiger partial charge >= 0.3 is 0 Å². The van der Waals surface area contributed by atoms with Gasteiger partial charge in [0, 0.05) is 19.3 Å². The fourth-order valence-corrected chi connectivity index (χ4v) is 1.62. The summed E-state index contributed by atoms with van der Waals surface area (Å²) >= 11 is 0. The summed E-state index contributed by atoms with van der Waals surface area (Å²) in [6.07, 6.45) is 2.36. The highest BCUT2D eigenvalue weighted by atomic mass is 16.5. The minimum Gasteiger partial charge on any atom is -0.382 e. The summed E-state index contributed by atoms with van der Waals surface area (Å²) in [5.74, 6) is 0. The molecule has 0 spiro atoms. The first-order valence-corrected chi connectivity index (χ1v) is 5.83. The van der Waals surface area contributed by atoms with E-state index in [-0.39, 0.29) is 0 Å². The van der Waals surface area contributed by atoms with Crippen molar-refractivity contribution in [3.05, 3.63) is 0 Å². The van der Waals surface area contributed by atoms with E-state index in [0.717, 1.165) is 26.2 Å². The maximum Gasteiger partial charge on any atom is 0.0466 e. The van der Waals surface area contributed by atoms with E-state index in [0.29, 0.717) is 11.5 Å². The first-order valence-electron chi connectivity index (χ1n) is 5.83. The minimum atomic E-state index is 0.349. The number of ether oxygens (including phenoxy) is 1. The summed E-state index contributed by atoms with van der Waals surface area (Å²) in [6, 6.07) is 0.605. The molecule has 0 aromatic carbocycles. The van der Waals surface area contributed by atoms with Crippen molar-refractivity contribution < 1.29 is 4.74 Å². The van der Waals surface area contributed by atoms with E-state index in [1.807, 2.05) is 6.92 Å². The summed E-state index contributed by atoms with van der Waals surface area (Å²) in [5.41, 5.74) is 0.349. The number of rotatable bonds is 7. The Bertz CT molecular complexity index is 129. The van der Waals surface area contributed by atoms with Crippen molar-refractivity contribution in [1.29, 1.82) is 0 Å². The third kappa shape index (κ3) is 6.39. The highest BCUT2D eigenvalue weighted by molar-refractivity contribution is 4.79. The fourth-order valence-electron chi connectivity index (χ4n) is 1.62. The quantitative estimate of drug-likeness (QED) is 0.640. The average molecular weight is 201 g/mol. The van der Waals surface area contributed by atoms with E-state index < -0.39 is 0 Å². The molecule has 0 fully saturated rings. The monoisotopic (exact) mass is 201 g/mol. The van der Waals surface area contributed by atoms with E-state index >= 15 is 0 Å². The molecular formula is C12H27NO. The van der Waals surface area contributed by atoms with E-state index in [4.69, 9.17) is 4.74 Å². The van der Waals surface area contributed by atoms with E-state index in [9.17, 15) is 0 Å². The Morgan fingerprint density at radius 1 is 1.21 bits per heavy atom. The van der Waals surface area contributed by atoms with Gasteiger partial charge in [0.1, 0.15) is 0 Å². The highest BCUT2D eigenvalue weighted by Gasteiger charge is 2.22. The summed E-state index contributed by atoms with van der Waals surface area (Å²) in [4.78, 5) is 0. The molecule has 0 aliphatic carbocycles. The lowest BCUT2D eigenvalue weighted by Gasteiger charge is -2.31. The zero-order chi connectivity index (χ0) is 11.0. The van der Waals surface area contributed by atoms with Crippen molar-refractivity contribution in [3.8, 4) is 0 Å². The number of hydrogen-bond donors (Lipinski definition) is 1. The minimum absolute atomic E-state index is 0.349. The van der Waals surface area contributed by atoms with Crippen LogP contribution in [0.25, 0.3) is 0 Å². The van der Waals surface area contributed by atoms with E-state index in [2.05, 4.69) is 33.0 Å². The molecule has 1 N–H and O–H groups in total. The lowest BCUT2D eigenvalue weighted by molar-refractivity contribution is 0.134. The van der Waals surface area contributed by atoms with Crippen LogP contribution in [0.5, 0.6) is 0 Å². The van der Waals surface area contributed by atoms with Crippen LogP contribution in [-0.4, -0.2) is 25.8 Å².